The standard InChI is InChI=1S/C20H20FN3O3/c21-16-8-6-13(7-9-16)18(25)15-4-2-10-24(12-15)19(26)14-3-1-5-17(11-14)23-20(22)27/h1,3,5-9,11,15H,2,4,10,12H2,(H3,22,23,27). The number of hydrogen-bond donors (Lipinski definition) is 2. The van der Waals surface area contributed by atoms with Gasteiger partial charge in [-0.15, -0.1) is 0 Å². The quantitative estimate of drug-likeness (QED) is 0.811. The van der Waals surface area contributed by atoms with Crippen molar-refractivity contribution in [3.05, 3.63) is 65.5 Å². The van der Waals surface area contributed by atoms with E-state index in [1.165, 1.54) is 24.3 Å². The van der Waals surface area contributed by atoms with Gasteiger partial charge in [0.15, 0.2) is 5.78 Å². The Bertz CT molecular complexity index is 867. The van der Waals surface area contributed by atoms with E-state index in [9.17, 15) is 18.8 Å². The maximum atomic E-state index is 13.1. The molecule has 0 saturated carbocycles. The van der Waals surface area contributed by atoms with Crippen LogP contribution in [0.2, 0.25) is 0 Å². The zero-order chi connectivity index (χ0) is 19.4. The Morgan fingerprint density at radius 3 is 2.52 bits per heavy atom. The summed E-state index contributed by atoms with van der Waals surface area (Å²) in [5, 5.41) is 2.44. The highest BCUT2D eigenvalue weighted by Crippen LogP contribution is 2.23. The Labute approximate surface area is 156 Å². The molecule has 0 spiro atoms. The average Bonchev–Trinajstić information content (AvgIpc) is 2.67. The van der Waals surface area contributed by atoms with Crippen molar-refractivity contribution >= 4 is 23.4 Å². The van der Waals surface area contributed by atoms with Gasteiger partial charge in [-0.1, -0.05) is 6.07 Å². The molecule has 1 atom stereocenters. The third kappa shape index (κ3) is 4.49. The van der Waals surface area contributed by atoms with Gasteiger partial charge in [0.2, 0.25) is 0 Å². The molecule has 1 saturated heterocycles. The number of nitrogens with zero attached hydrogens (tertiary/aromatic N) is 1. The summed E-state index contributed by atoms with van der Waals surface area (Å²) in [5.74, 6) is -1.01. The lowest BCUT2D eigenvalue weighted by Gasteiger charge is -2.32. The Kier molecular flexibility index (Phi) is 5.49. The number of piperidine rings is 1. The number of anilines is 1. The first-order valence-corrected chi connectivity index (χ1v) is 8.69. The van der Waals surface area contributed by atoms with Crippen LogP contribution in [0.5, 0.6) is 0 Å². The number of ketones is 1. The molecule has 1 heterocycles. The monoisotopic (exact) mass is 369 g/mol. The van der Waals surface area contributed by atoms with Crippen LogP contribution in [-0.2, 0) is 0 Å². The molecule has 1 aliphatic heterocycles. The van der Waals surface area contributed by atoms with Gasteiger partial charge in [-0.2, -0.15) is 0 Å². The van der Waals surface area contributed by atoms with Crippen molar-refractivity contribution in [2.75, 3.05) is 18.4 Å². The number of Topliss-reactive ketones (excluding diaryl/α,β-unsaturated/α-hetero) is 1. The van der Waals surface area contributed by atoms with Crippen LogP contribution in [0, 0.1) is 11.7 Å². The molecule has 1 fully saturated rings. The average molecular weight is 369 g/mol. The summed E-state index contributed by atoms with van der Waals surface area (Å²) in [6.45, 7) is 0.863. The molecule has 140 valence electrons. The van der Waals surface area contributed by atoms with Gasteiger partial charge in [-0.05, 0) is 55.3 Å². The highest BCUT2D eigenvalue weighted by atomic mass is 19.1. The van der Waals surface area contributed by atoms with Gasteiger partial charge in [-0.25, -0.2) is 9.18 Å². The molecule has 3 rings (SSSR count). The second-order valence-corrected chi connectivity index (χ2v) is 6.53. The third-order valence-electron chi connectivity index (χ3n) is 4.59. The molecule has 0 radical (unpaired) electrons. The molecule has 1 aliphatic rings. The van der Waals surface area contributed by atoms with Crippen molar-refractivity contribution in [3.63, 3.8) is 0 Å². The number of primary amides is 1. The molecule has 3 N–H and O–H groups in total. The normalized spacial score (nSPS) is 16.6. The van der Waals surface area contributed by atoms with Gasteiger partial charge >= 0.3 is 6.03 Å². The minimum atomic E-state index is -0.706. The van der Waals surface area contributed by atoms with E-state index in [0.29, 0.717) is 42.7 Å². The van der Waals surface area contributed by atoms with Crippen LogP contribution in [0.3, 0.4) is 0 Å². The molecule has 6 nitrogen and oxygen atoms in total. The van der Waals surface area contributed by atoms with Gasteiger partial charge < -0.3 is 16.0 Å². The Balaban J connectivity index is 1.72. The predicted octanol–water partition coefficient (Wildman–Crippen LogP) is 3.05. The second-order valence-electron chi connectivity index (χ2n) is 6.53. The van der Waals surface area contributed by atoms with E-state index in [2.05, 4.69) is 5.32 Å². The van der Waals surface area contributed by atoms with Gasteiger partial charge in [0.05, 0.1) is 0 Å². The fraction of sp³-hybridized carbons (Fsp3) is 0.250. The van der Waals surface area contributed by atoms with Crippen molar-refractivity contribution in [2.45, 2.75) is 12.8 Å². The summed E-state index contributed by atoms with van der Waals surface area (Å²) in [7, 11) is 0. The Morgan fingerprint density at radius 1 is 1.07 bits per heavy atom. The highest BCUT2D eigenvalue weighted by molar-refractivity contribution is 6.00. The molecular weight excluding hydrogens is 349 g/mol. The van der Waals surface area contributed by atoms with Crippen molar-refractivity contribution < 1.29 is 18.8 Å². The number of carbonyl (C=O) groups is 3. The highest BCUT2D eigenvalue weighted by Gasteiger charge is 2.29. The topological polar surface area (TPSA) is 92.5 Å². The number of rotatable bonds is 4. The van der Waals surface area contributed by atoms with Crippen LogP contribution in [0.1, 0.15) is 33.6 Å². The second kappa shape index (κ2) is 7.99. The number of urea groups is 1. The van der Waals surface area contributed by atoms with Gasteiger partial charge in [-0.3, -0.25) is 9.59 Å². The van der Waals surface area contributed by atoms with Crippen molar-refractivity contribution in [2.24, 2.45) is 11.7 Å². The van der Waals surface area contributed by atoms with E-state index in [1.54, 1.807) is 29.2 Å². The maximum absolute atomic E-state index is 13.1. The van der Waals surface area contributed by atoms with E-state index in [-0.39, 0.29) is 17.6 Å². The van der Waals surface area contributed by atoms with Crippen LogP contribution in [-0.4, -0.2) is 35.7 Å². The number of nitrogens with one attached hydrogen (secondary N) is 1. The SMILES string of the molecule is NC(=O)Nc1cccc(C(=O)N2CCCC(C(=O)c3ccc(F)cc3)C2)c1. The zero-order valence-corrected chi connectivity index (χ0v) is 14.7. The molecule has 3 amide bonds. The smallest absolute Gasteiger partial charge is 0.316 e. The van der Waals surface area contributed by atoms with Crippen LogP contribution in [0.25, 0.3) is 0 Å². The summed E-state index contributed by atoms with van der Waals surface area (Å²) in [4.78, 5) is 38.1. The fourth-order valence-electron chi connectivity index (χ4n) is 3.28. The first-order chi connectivity index (χ1) is 12.9. The van der Waals surface area contributed by atoms with Crippen LogP contribution < -0.4 is 11.1 Å². The number of likely N-dealkylation sites (tertiary alicyclic amines) is 1. The number of amides is 3. The van der Waals surface area contributed by atoms with Gasteiger partial charge in [0.1, 0.15) is 5.82 Å². The third-order valence-corrected chi connectivity index (χ3v) is 4.59. The summed E-state index contributed by atoms with van der Waals surface area (Å²) >= 11 is 0. The number of benzene rings is 2. The summed E-state index contributed by atoms with van der Waals surface area (Å²) < 4.78 is 13.1. The van der Waals surface area contributed by atoms with Crippen molar-refractivity contribution in [1.82, 2.24) is 4.90 Å². The molecule has 0 bridgehead atoms. The Morgan fingerprint density at radius 2 is 1.81 bits per heavy atom. The van der Waals surface area contributed by atoms with E-state index >= 15 is 0 Å². The van der Waals surface area contributed by atoms with E-state index in [4.69, 9.17) is 5.73 Å². The van der Waals surface area contributed by atoms with E-state index in [0.717, 1.165) is 0 Å². The molecule has 27 heavy (non-hydrogen) atoms. The molecule has 0 aromatic heterocycles. The molecule has 2 aromatic carbocycles. The minimum Gasteiger partial charge on any atom is -0.351 e. The number of nitrogens with two attached hydrogens (primary N) is 1. The lowest BCUT2D eigenvalue weighted by Crippen LogP contribution is -2.42. The van der Waals surface area contributed by atoms with Gasteiger partial charge in [0.25, 0.3) is 5.91 Å². The summed E-state index contributed by atoms with van der Waals surface area (Å²) in [6, 6.07) is 11.3. The van der Waals surface area contributed by atoms with Crippen molar-refractivity contribution in [3.8, 4) is 0 Å². The fourth-order valence-corrected chi connectivity index (χ4v) is 3.28. The van der Waals surface area contributed by atoms with Crippen LogP contribution >= 0.6 is 0 Å². The molecule has 0 aliphatic carbocycles. The lowest BCUT2D eigenvalue weighted by molar-refractivity contribution is 0.0637. The lowest BCUT2D eigenvalue weighted by atomic mass is 9.89. The maximum Gasteiger partial charge on any atom is 0.316 e. The van der Waals surface area contributed by atoms with Crippen molar-refractivity contribution in [1.29, 1.82) is 0 Å². The predicted molar refractivity (Wildman–Crippen MR) is 99.0 cm³/mol. The number of hydrogen-bond acceptors (Lipinski definition) is 3. The van der Waals surface area contributed by atoms with Crippen LogP contribution in [0.15, 0.2) is 48.5 Å². The molecule has 2 aromatic rings. The number of carbonyl (C=O) groups excluding carboxylic acids is 3. The number of halogens is 1. The van der Waals surface area contributed by atoms with Crippen LogP contribution in [0.4, 0.5) is 14.9 Å². The minimum absolute atomic E-state index is 0.0864. The Hall–Kier alpha value is -3.22. The largest absolute Gasteiger partial charge is 0.351 e. The first kappa shape index (κ1) is 18.6. The van der Waals surface area contributed by atoms with Gasteiger partial charge in [0, 0.05) is 35.8 Å². The molecule has 1 unspecified atom stereocenters. The molecular formula is C20H20FN3O3. The summed E-state index contributed by atoms with van der Waals surface area (Å²) in [6.07, 6.45) is 1.39. The zero-order valence-electron chi connectivity index (χ0n) is 14.7. The molecule has 7 heteroatoms. The van der Waals surface area contributed by atoms with E-state index < -0.39 is 11.8 Å². The summed E-state index contributed by atoms with van der Waals surface area (Å²) in [5.41, 5.74) is 6.40. The first-order valence-electron chi connectivity index (χ1n) is 8.69. The van der Waals surface area contributed by atoms with E-state index in [1.807, 2.05) is 0 Å².